The van der Waals surface area contributed by atoms with Crippen molar-refractivity contribution in [3.63, 3.8) is 0 Å². The summed E-state index contributed by atoms with van der Waals surface area (Å²) in [5.74, 6) is -0.528. The van der Waals surface area contributed by atoms with Gasteiger partial charge < -0.3 is 49.3 Å². The van der Waals surface area contributed by atoms with Crippen LogP contribution < -0.4 is 15.1 Å². The molecule has 11 nitrogen and oxygen atoms in total. The van der Waals surface area contributed by atoms with Crippen LogP contribution in [0.4, 0.5) is 0 Å². The molecule has 0 saturated carbocycles. The molecule has 4 rings (SSSR count). The summed E-state index contributed by atoms with van der Waals surface area (Å²) in [4.78, 5) is 12.2. The van der Waals surface area contributed by atoms with E-state index in [0.29, 0.717) is 5.56 Å². The van der Waals surface area contributed by atoms with Gasteiger partial charge in [-0.05, 0) is 17.7 Å². The Labute approximate surface area is 186 Å². The molecule has 1 fully saturated rings. The first kappa shape index (κ1) is 22.8. The van der Waals surface area contributed by atoms with Crippen molar-refractivity contribution < 1.29 is 49.3 Å². The minimum atomic E-state index is -1.68. The summed E-state index contributed by atoms with van der Waals surface area (Å²) in [6.45, 7) is -0.642. The van der Waals surface area contributed by atoms with E-state index in [1.54, 1.807) is 0 Å². The highest BCUT2D eigenvalue weighted by Gasteiger charge is 2.45. The topological polar surface area (TPSA) is 179 Å². The SMILES string of the molecule is COc1cc(O[C@@H]2OC(CO)[C@H](O)C(O)[C@@H]2O)c2c(-c3ccc(O)c(O)c3)cc(=O)oc2c1. The number of phenolic OH excluding ortho intramolecular Hbond substituents is 2. The van der Waals surface area contributed by atoms with E-state index >= 15 is 0 Å². The van der Waals surface area contributed by atoms with E-state index in [9.17, 15) is 35.4 Å². The Balaban J connectivity index is 1.88. The van der Waals surface area contributed by atoms with Gasteiger partial charge in [0.15, 0.2) is 11.5 Å². The van der Waals surface area contributed by atoms with E-state index in [2.05, 4.69) is 0 Å². The molecule has 2 unspecified atom stereocenters. The second-order valence-corrected chi connectivity index (χ2v) is 7.50. The number of benzene rings is 2. The molecule has 2 heterocycles. The molecular weight excluding hydrogens is 440 g/mol. The molecule has 1 aromatic heterocycles. The van der Waals surface area contributed by atoms with Gasteiger partial charge in [0, 0.05) is 23.8 Å². The maximum absolute atomic E-state index is 12.2. The summed E-state index contributed by atoms with van der Waals surface area (Å²) >= 11 is 0. The number of phenols is 2. The first-order valence-electron chi connectivity index (χ1n) is 9.89. The first-order valence-corrected chi connectivity index (χ1v) is 9.89. The van der Waals surface area contributed by atoms with Crippen LogP contribution >= 0.6 is 0 Å². The zero-order valence-electron chi connectivity index (χ0n) is 17.3. The maximum Gasteiger partial charge on any atom is 0.336 e. The molecule has 11 heteroatoms. The molecule has 3 aromatic rings. The molecule has 5 atom stereocenters. The Morgan fingerprint density at radius 1 is 0.970 bits per heavy atom. The monoisotopic (exact) mass is 462 g/mol. The van der Waals surface area contributed by atoms with Crippen LogP contribution in [0, 0.1) is 0 Å². The highest BCUT2D eigenvalue weighted by Crippen LogP contribution is 2.40. The van der Waals surface area contributed by atoms with E-state index < -0.39 is 48.7 Å². The lowest BCUT2D eigenvalue weighted by atomic mass is 9.99. The quantitative estimate of drug-likeness (QED) is 0.223. The van der Waals surface area contributed by atoms with Crippen molar-refractivity contribution in [1.29, 1.82) is 0 Å². The third-order valence-electron chi connectivity index (χ3n) is 5.40. The van der Waals surface area contributed by atoms with Gasteiger partial charge in [-0.2, -0.15) is 0 Å². The fourth-order valence-electron chi connectivity index (χ4n) is 3.66. The Morgan fingerprint density at radius 3 is 2.39 bits per heavy atom. The molecule has 176 valence electrons. The summed E-state index contributed by atoms with van der Waals surface area (Å²) in [7, 11) is 1.37. The molecule has 0 amide bonds. The molecule has 2 aromatic carbocycles. The molecular formula is C22H22O11. The molecule has 1 aliphatic rings. The number of methoxy groups -OCH3 is 1. The predicted molar refractivity (Wildman–Crippen MR) is 112 cm³/mol. The maximum atomic E-state index is 12.2. The summed E-state index contributed by atoms with van der Waals surface area (Å²) < 4.78 is 21.8. The van der Waals surface area contributed by atoms with Gasteiger partial charge in [0.05, 0.1) is 19.1 Å². The van der Waals surface area contributed by atoms with E-state index in [4.69, 9.17) is 18.6 Å². The highest BCUT2D eigenvalue weighted by molar-refractivity contribution is 5.98. The Morgan fingerprint density at radius 2 is 1.73 bits per heavy atom. The smallest absolute Gasteiger partial charge is 0.336 e. The second-order valence-electron chi connectivity index (χ2n) is 7.50. The largest absolute Gasteiger partial charge is 0.504 e. The zero-order chi connectivity index (χ0) is 23.9. The van der Waals surface area contributed by atoms with Gasteiger partial charge in [-0.25, -0.2) is 4.79 Å². The van der Waals surface area contributed by atoms with Crippen molar-refractivity contribution in [2.24, 2.45) is 0 Å². The predicted octanol–water partition coefficient (Wildman–Crippen LogP) is 0.0585. The van der Waals surface area contributed by atoms with E-state index in [1.165, 1.54) is 37.4 Å². The van der Waals surface area contributed by atoms with E-state index in [-0.39, 0.29) is 33.8 Å². The van der Waals surface area contributed by atoms with Crippen molar-refractivity contribution >= 4 is 11.0 Å². The average molecular weight is 462 g/mol. The minimum absolute atomic E-state index is 0.0139. The fraction of sp³-hybridized carbons (Fsp3) is 0.318. The van der Waals surface area contributed by atoms with Crippen LogP contribution in [0.1, 0.15) is 0 Å². The van der Waals surface area contributed by atoms with E-state index in [1.807, 2.05) is 0 Å². The third kappa shape index (κ3) is 4.19. The van der Waals surface area contributed by atoms with Crippen molar-refractivity contribution in [3.05, 3.63) is 46.8 Å². The molecule has 1 aliphatic heterocycles. The van der Waals surface area contributed by atoms with Gasteiger partial charge in [0.2, 0.25) is 6.29 Å². The van der Waals surface area contributed by atoms with Crippen molar-refractivity contribution in [1.82, 2.24) is 0 Å². The molecule has 0 aliphatic carbocycles. The highest BCUT2D eigenvalue weighted by atomic mass is 16.7. The zero-order valence-corrected chi connectivity index (χ0v) is 17.3. The van der Waals surface area contributed by atoms with Gasteiger partial charge in [-0.15, -0.1) is 0 Å². The Bertz CT molecular complexity index is 1220. The van der Waals surface area contributed by atoms with Gasteiger partial charge >= 0.3 is 5.63 Å². The molecule has 33 heavy (non-hydrogen) atoms. The summed E-state index contributed by atoms with van der Waals surface area (Å²) in [6, 6.07) is 7.96. The normalized spacial score (nSPS) is 25.2. The van der Waals surface area contributed by atoms with Crippen molar-refractivity contribution in [2.45, 2.75) is 30.7 Å². The number of aliphatic hydroxyl groups excluding tert-OH is 4. The van der Waals surface area contributed by atoms with Gasteiger partial charge in [0.25, 0.3) is 0 Å². The molecule has 1 saturated heterocycles. The van der Waals surface area contributed by atoms with Crippen LogP contribution in [0.5, 0.6) is 23.0 Å². The van der Waals surface area contributed by atoms with Gasteiger partial charge in [-0.1, -0.05) is 6.07 Å². The van der Waals surface area contributed by atoms with E-state index in [0.717, 1.165) is 6.07 Å². The number of aromatic hydroxyl groups is 2. The van der Waals surface area contributed by atoms with Gasteiger partial charge in [-0.3, -0.25) is 0 Å². The fourth-order valence-corrected chi connectivity index (χ4v) is 3.66. The van der Waals surface area contributed by atoms with Crippen LogP contribution in [0.25, 0.3) is 22.1 Å². The van der Waals surface area contributed by atoms with Crippen molar-refractivity contribution in [2.75, 3.05) is 13.7 Å². The summed E-state index contributed by atoms with van der Waals surface area (Å²) in [6.07, 6.45) is -7.62. The van der Waals surface area contributed by atoms with Crippen LogP contribution in [0.2, 0.25) is 0 Å². The number of hydrogen-bond acceptors (Lipinski definition) is 11. The number of hydrogen-bond donors (Lipinski definition) is 6. The van der Waals surface area contributed by atoms with Crippen LogP contribution in [0.3, 0.4) is 0 Å². The molecule has 0 radical (unpaired) electrons. The third-order valence-corrected chi connectivity index (χ3v) is 5.40. The van der Waals surface area contributed by atoms with Crippen LogP contribution in [0.15, 0.2) is 45.6 Å². The van der Waals surface area contributed by atoms with Gasteiger partial charge in [0.1, 0.15) is 41.5 Å². The van der Waals surface area contributed by atoms with Crippen LogP contribution in [-0.4, -0.2) is 75.1 Å². The minimum Gasteiger partial charge on any atom is -0.504 e. The Hall–Kier alpha value is -3.35. The lowest BCUT2D eigenvalue weighted by molar-refractivity contribution is -0.277. The lowest BCUT2D eigenvalue weighted by Crippen LogP contribution is -2.60. The molecule has 0 bridgehead atoms. The number of rotatable bonds is 5. The lowest BCUT2D eigenvalue weighted by Gasteiger charge is -2.39. The number of fused-ring (bicyclic) bond motifs is 1. The molecule has 6 N–H and O–H groups in total. The second kappa shape index (κ2) is 8.89. The van der Waals surface area contributed by atoms with Crippen LogP contribution in [-0.2, 0) is 4.74 Å². The standard InChI is InChI=1S/C22H22O11/c1-30-10-5-14-18(11(7-17(26)31-14)9-2-3-12(24)13(25)4-9)15(6-10)32-22-21(29)20(28)19(27)16(8-23)33-22/h2-7,16,19-25,27-29H,8H2,1H3/t16?,19-,20?,21-,22+/m0/s1. The average Bonchev–Trinajstić information content (AvgIpc) is 2.80. The number of ether oxygens (including phenoxy) is 3. The summed E-state index contributed by atoms with van der Waals surface area (Å²) in [5.41, 5.74) is -0.0630. The Kier molecular flexibility index (Phi) is 6.15. The summed E-state index contributed by atoms with van der Waals surface area (Å²) in [5, 5.41) is 59.7. The first-order chi connectivity index (χ1) is 15.7. The molecule has 0 spiro atoms. The van der Waals surface area contributed by atoms with Crippen molar-refractivity contribution in [3.8, 4) is 34.1 Å². The number of aliphatic hydroxyl groups is 4.